The highest BCUT2D eigenvalue weighted by molar-refractivity contribution is 7.80. The van der Waals surface area contributed by atoms with Gasteiger partial charge in [0.25, 0.3) is 0 Å². The molecule has 0 saturated carbocycles. The average molecular weight is 101 g/mol. The molecule has 0 aromatic carbocycles. The van der Waals surface area contributed by atoms with E-state index >= 15 is 0 Å². The third-order valence-corrected chi connectivity index (χ3v) is 0.456. The Bertz CT molecular complexity index is 58.6. The van der Waals surface area contributed by atoms with E-state index in [1.807, 2.05) is 0 Å². The number of thiol groups is 1. The highest BCUT2D eigenvalue weighted by Gasteiger charge is 1.54. The summed E-state index contributed by atoms with van der Waals surface area (Å²) in [5.41, 5.74) is 0. The maximum Gasteiger partial charge on any atom is 0.0814 e. The second-order valence-electron chi connectivity index (χ2n) is 0.709. The van der Waals surface area contributed by atoms with Gasteiger partial charge in [0.15, 0.2) is 0 Å². The van der Waals surface area contributed by atoms with Crippen LogP contribution in [0.2, 0.25) is 0 Å². The Labute approximate surface area is 43.2 Å². The molecule has 0 radical (unpaired) electrons. The summed E-state index contributed by atoms with van der Waals surface area (Å²) >= 11 is 3.81. The van der Waals surface area contributed by atoms with E-state index in [9.17, 15) is 0 Å². The van der Waals surface area contributed by atoms with E-state index in [0.29, 0.717) is 5.88 Å². The molecule has 0 heterocycles. The Morgan fingerprint density at radius 1 is 1.83 bits per heavy atom. The van der Waals surface area contributed by atoms with Crippen molar-refractivity contribution in [2.45, 2.75) is 0 Å². The van der Waals surface area contributed by atoms with Crippen molar-refractivity contribution in [1.29, 1.82) is 0 Å². The number of hydrogen-bond acceptors (Lipinski definition) is 2. The fourth-order valence-corrected chi connectivity index (χ4v) is 0.216. The SMILES string of the molecule is C=C/C=N\CS. The van der Waals surface area contributed by atoms with Gasteiger partial charge in [-0.05, 0) is 0 Å². The quantitative estimate of drug-likeness (QED) is 0.395. The molecule has 0 atom stereocenters. The van der Waals surface area contributed by atoms with E-state index in [-0.39, 0.29) is 0 Å². The fraction of sp³-hybridized carbons (Fsp3) is 0.250. The van der Waals surface area contributed by atoms with E-state index in [4.69, 9.17) is 0 Å². The Hall–Kier alpha value is -0.240. The molecule has 0 saturated heterocycles. The van der Waals surface area contributed by atoms with Crippen LogP contribution in [-0.2, 0) is 0 Å². The highest BCUT2D eigenvalue weighted by Crippen LogP contribution is 1.69. The Morgan fingerprint density at radius 3 is 2.67 bits per heavy atom. The summed E-state index contributed by atoms with van der Waals surface area (Å²) in [6, 6.07) is 0. The Morgan fingerprint density at radius 2 is 2.50 bits per heavy atom. The maximum atomic E-state index is 3.81. The molecule has 34 valence electrons. The van der Waals surface area contributed by atoms with Gasteiger partial charge in [-0.25, -0.2) is 0 Å². The van der Waals surface area contributed by atoms with Crippen LogP contribution in [0.15, 0.2) is 17.6 Å². The van der Waals surface area contributed by atoms with E-state index in [2.05, 4.69) is 24.2 Å². The summed E-state index contributed by atoms with van der Waals surface area (Å²) < 4.78 is 0. The number of nitrogens with zero attached hydrogens (tertiary/aromatic N) is 1. The molecule has 0 unspecified atom stereocenters. The summed E-state index contributed by atoms with van der Waals surface area (Å²) in [7, 11) is 0. The lowest BCUT2D eigenvalue weighted by Crippen LogP contribution is -1.61. The van der Waals surface area contributed by atoms with Crippen molar-refractivity contribution < 1.29 is 0 Å². The molecule has 6 heavy (non-hydrogen) atoms. The third kappa shape index (κ3) is 3.76. The third-order valence-electron chi connectivity index (χ3n) is 0.292. The predicted molar refractivity (Wildman–Crippen MR) is 32.5 cm³/mol. The van der Waals surface area contributed by atoms with Crippen molar-refractivity contribution in [3.8, 4) is 0 Å². The zero-order valence-corrected chi connectivity index (χ0v) is 4.36. The van der Waals surface area contributed by atoms with Gasteiger partial charge < -0.3 is 0 Å². The largest absolute Gasteiger partial charge is 0.283 e. The Balaban J connectivity index is 2.94. The van der Waals surface area contributed by atoms with Gasteiger partial charge in [-0.15, -0.1) is 0 Å². The number of allylic oxidation sites excluding steroid dienone is 1. The first kappa shape index (κ1) is 5.76. The molecule has 1 nitrogen and oxygen atoms in total. The van der Waals surface area contributed by atoms with Gasteiger partial charge in [0.05, 0.1) is 5.88 Å². The van der Waals surface area contributed by atoms with Crippen LogP contribution < -0.4 is 0 Å². The summed E-state index contributed by atoms with van der Waals surface area (Å²) in [5.74, 6) is 0.548. The zero-order chi connectivity index (χ0) is 4.83. The molecule has 0 rings (SSSR count). The highest BCUT2D eigenvalue weighted by atomic mass is 32.1. The predicted octanol–water partition coefficient (Wildman–Crippen LogP) is 1.13. The van der Waals surface area contributed by atoms with Crippen LogP contribution in [-0.4, -0.2) is 12.1 Å². The number of aliphatic imine (C=N–C) groups is 1. The molecule has 0 N–H and O–H groups in total. The molecule has 0 spiro atoms. The molecule has 0 amide bonds. The first-order chi connectivity index (χ1) is 2.91. The fourth-order valence-electron chi connectivity index (χ4n) is 0.122. The monoisotopic (exact) mass is 101 g/mol. The second-order valence-corrected chi connectivity index (χ2v) is 0.992. The van der Waals surface area contributed by atoms with Gasteiger partial charge in [0, 0.05) is 6.21 Å². The van der Waals surface area contributed by atoms with Crippen molar-refractivity contribution in [3.63, 3.8) is 0 Å². The summed E-state index contributed by atoms with van der Waals surface area (Å²) in [4.78, 5) is 3.71. The van der Waals surface area contributed by atoms with Crippen molar-refractivity contribution in [3.05, 3.63) is 12.7 Å². The van der Waals surface area contributed by atoms with Crippen molar-refractivity contribution in [1.82, 2.24) is 0 Å². The number of hydrogen-bond donors (Lipinski definition) is 1. The molecular weight excluding hydrogens is 94.1 g/mol. The topological polar surface area (TPSA) is 12.4 Å². The van der Waals surface area contributed by atoms with Crippen molar-refractivity contribution in [2.75, 3.05) is 5.88 Å². The summed E-state index contributed by atoms with van der Waals surface area (Å²) in [6.45, 7) is 3.41. The lowest BCUT2D eigenvalue weighted by atomic mass is 10.7. The minimum Gasteiger partial charge on any atom is -0.283 e. The van der Waals surface area contributed by atoms with Crippen LogP contribution in [0.5, 0.6) is 0 Å². The number of rotatable bonds is 2. The van der Waals surface area contributed by atoms with Crippen molar-refractivity contribution in [2.24, 2.45) is 4.99 Å². The van der Waals surface area contributed by atoms with E-state index in [1.54, 1.807) is 12.3 Å². The Kier molecular flexibility index (Phi) is 4.57. The average Bonchev–Trinajstić information content (AvgIpc) is 1.61. The molecule has 2 heteroatoms. The molecule has 0 fully saturated rings. The van der Waals surface area contributed by atoms with Crippen LogP contribution >= 0.6 is 12.6 Å². The van der Waals surface area contributed by atoms with E-state index in [1.165, 1.54) is 0 Å². The van der Waals surface area contributed by atoms with Gasteiger partial charge in [-0.1, -0.05) is 12.7 Å². The van der Waals surface area contributed by atoms with E-state index in [0.717, 1.165) is 0 Å². The first-order valence-electron chi connectivity index (χ1n) is 1.63. The van der Waals surface area contributed by atoms with E-state index < -0.39 is 0 Å². The van der Waals surface area contributed by atoms with Crippen molar-refractivity contribution >= 4 is 18.8 Å². The molecule has 0 aliphatic heterocycles. The molecule has 0 aliphatic rings. The van der Waals surface area contributed by atoms with Gasteiger partial charge >= 0.3 is 0 Å². The van der Waals surface area contributed by atoms with Gasteiger partial charge in [0.1, 0.15) is 0 Å². The molecule has 0 bridgehead atoms. The van der Waals surface area contributed by atoms with Crippen LogP contribution in [0.3, 0.4) is 0 Å². The lowest BCUT2D eigenvalue weighted by molar-refractivity contribution is 1.41. The van der Waals surface area contributed by atoms with Crippen LogP contribution in [0.1, 0.15) is 0 Å². The zero-order valence-electron chi connectivity index (χ0n) is 3.46. The molecule has 0 aliphatic carbocycles. The minimum absolute atomic E-state index is 0.548. The van der Waals surface area contributed by atoms with Gasteiger partial charge in [0.2, 0.25) is 0 Å². The van der Waals surface area contributed by atoms with Crippen LogP contribution in [0.4, 0.5) is 0 Å². The summed E-state index contributed by atoms with van der Waals surface area (Å²) in [6.07, 6.45) is 3.24. The molecule has 0 aromatic heterocycles. The normalized spacial score (nSPS) is 9.50. The van der Waals surface area contributed by atoms with Gasteiger partial charge in [-0.2, -0.15) is 12.6 Å². The first-order valence-corrected chi connectivity index (χ1v) is 2.26. The minimum atomic E-state index is 0.548. The van der Waals surface area contributed by atoms with Crippen LogP contribution in [0.25, 0.3) is 0 Å². The standard InChI is InChI=1S/C4H7NS/c1-2-3-5-4-6/h2-3,6H,1,4H2/b5-3-. The maximum absolute atomic E-state index is 3.81. The lowest BCUT2D eigenvalue weighted by Gasteiger charge is -1.69. The summed E-state index contributed by atoms with van der Waals surface area (Å²) in [5, 5.41) is 0. The molecular formula is C4H7NS. The smallest absolute Gasteiger partial charge is 0.0814 e. The second kappa shape index (κ2) is 4.76. The van der Waals surface area contributed by atoms with Gasteiger partial charge in [-0.3, -0.25) is 4.99 Å². The van der Waals surface area contributed by atoms with Crippen LogP contribution in [0, 0.1) is 0 Å². The molecule has 0 aromatic rings.